The molecule has 3 aromatic heterocycles. The fourth-order valence-corrected chi connectivity index (χ4v) is 9.58. The zero-order chi connectivity index (χ0) is 52.1. The first-order chi connectivity index (χ1) is 33.3. The van der Waals surface area contributed by atoms with Gasteiger partial charge in [0.15, 0.2) is 0 Å². The van der Waals surface area contributed by atoms with Crippen molar-refractivity contribution in [1.82, 2.24) is 15.0 Å². The number of likely N-dealkylation sites (N-methyl/N-ethyl adjacent to an activating group) is 3. The standard InChI is InChI=1S/2C18H18ClN3O2.C17H16ClN3O2/c1-10-5-7-12(15(19)20-10)16(23)21-11-6-8-13-14(9-11)22(4)17(24)18(13,2)3;1-10-13(21-16(23)11-7-8-20-14(19)9-11)6-5-12-15(10)22(4)17(24)18(12,2)3;1-17(2)12-5-4-10(8-14(12)21(3)16(17)23)20-15(22)11-6-7-19-9-13(11)18/h2*5-9H,1-4H3,(H,21,23);4-9H,1-3H3,(H,20,22). The van der Waals surface area contributed by atoms with Gasteiger partial charge in [0.25, 0.3) is 17.7 Å². The molecule has 6 heterocycles. The number of amides is 6. The van der Waals surface area contributed by atoms with E-state index in [1.54, 1.807) is 84.4 Å². The molecule has 0 aliphatic carbocycles. The fraction of sp³-hybridized carbons (Fsp3) is 0.264. The number of fused-ring (bicyclic) bond motifs is 3. The molecule has 71 heavy (non-hydrogen) atoms. The van der Waals surface area contributed by atoms with E-state index in [4.69, 9.17) is 34.8 Å². The highest BCUT2D eigenvalue weighted by Gasteiger charge is 2.45. The van der Waals surface area contributed by atoms with E-state index in [-0.39, 0.29) is 45.7 Å². The predicted molar refractivity (Wildman–Crippen MR) is 280 cm³/mol. The first-order valence-electron chi connectivity index (χ1n) is 22.3. The van der Waals surface area contributed by atoms with Gasteiger partial charge >= 0.3 is 0 Å². The minimum atomic E-state index is -0.560. The fourth-order valence-electron chi connectivity index (χ4n) is 8.92. The van der Waals surface area contributed by atoms with Crippen molar-refractivity contribution in [3.05, 3.63) is 157 Å². The molecule has 9 rings (SSSR count). The van der Waals surface area contributed by atoms with Crippen LogP contribution in [-0.4, -0.2) is 71.5 Å². The van der Waals surface area contributed by atoms with E-state index in [2.05, 4.69) is 30.9 Å². The number of pyridine rings is 3. The average molecular weight is 1020 g/mol. The molecule has 3 aliphatic heterocycles. The minimum Gasteiger partial charge on any atom is -0.322 e. The minimum absolute atomic E-state index is 0.0340. The van der Waals surface area contributed by atoms with E-state index in [0.29, 0.717) is 38.8 Å². The van der Waals surface area contributed by atoms with E-state index < -0.39 is 16.2 Å². The molecular formula is C53H52Cl3N9O6. The van der Waals surface area contributed by atoms with Crippen molar-refractivity contribution < 1.29 is 28.8 Å². The lowest BCUT2D eigenvalue weighted by Crippen LogP contribution is -2.33. The number of anilines is 6. The van der Waals surface area contributed by atoms with Gasteiger partial charge in [-0.2, -0.15) is 0 Å². The van der Waals surface area contributed by atoms with Gasteiger partial charge in [0.05, 0.1) is 38.1 Å². The average Bonchev–Trinajstić information content (AvgIpc) is 3.69. The van der Waals surface area contributed by atoms with Gasteiger partial charge in [0.2, 0.25) is 17.7 Å². The van der Waals surface area contributed by atoms with Gasteiger partial charge in [0, 0.05) is 79.4 Å². The van der Waals surface area contributed by atoms with Crippen LogP contribution in [0.15, 0.2) is 97.5 Å². The molecule has 6 aromatic rings. The summed E-state index contributed by atoms with van der Waals surface area (Å²) >= 11 is 17.9. The smallest absolute Gasteiger partial charge is 0.258 e. The van der Waals surface area contributed by atoms with Crippen LogP contribution in [0.4, 0.5) is 34.1 Å². The summed E-state index contributed by atoms with van der Waals surface area (Å²) in [5.41, 5.74) is 8.25. The summed E-state index contributed by atoms with van der Waals surface area (Å²) in [6.45, 7) is 15.1. The van der Waals surface area contributed by atoms with Crippen LogP contribution in [0.1, 0.15) is 101 Å². The number of nitrogens with one attached hydrogen (secondary N) is 3. The summed E-state index contributed by atoms with van der Waals surface area (Å²) in [6.07, 6.45) is 4.42. The lowest BCUT2D eigenvalue weighted by atomic mass is 9.85. The number of rotatable bonds is 6. The second-order valence-electron chi connectivity index (χ2n) is 18.9. The molecule has 0 radical (unpaired) electrons. The van der Waals surface area contributed by atoms with Crippen LogP contribution >= 0.6 is 34.8 Å². The summed E-state index contributed by atoms with van der Waals surface area (Å²) in [7, 11) is 5.24. The predicted octanol–water partition coefficient (Wildman–Crippen LogP) is 10.3. The second-order valence-corrected chi connectivity index (χ2v) is 20.1. The first kappa shape index (κ1) is 51.6. The SMILES string of the molecule is CN1C(=O)C(C)(C)c2ccc(NC(=O)c3ccncc3Cl)cc21.Cc1c(NC(=O)c2ccnc(Cl)c2)ccc2c1N(C)C(=O)C2(C)C.Cc1ccc(C(=O)Nc2ccc3c(c2)N(C)C(=O)C3(C)C)c(Cl)n1. The largest absolute Gasteiger partial charge is 0.322 e. The van der Waals surface area contributed by atoms with Crippen molar-refractivity contribution in [2.75, 3.05) is 51.8 Å². The monoisotopic (exact) mass is 1020 g/mol. The molecule has 0 spiro atoms. The molecule has 366 valence electrons. The number of aromatic nitrogens is 3. The van der Waals surface area contributed by atoms with Crippen molar-refractivity contribution in [3.8, 4) is 0 Å². The normalized spacial score (nSPS) is 15.4. The van der Waals surface area contributed by atoms with Crippen LogP contribution in [-0.2, 0) is 30.6 Å². The number of hydrogen-bond donors (Lipinski definition) is 3. The van der Waals surface area contributed by atoms with E-state index in [9.17, 15) is 28.8 Å². The highest BCUT2D eigenvalue weighted by molar-refractivity contribution is 6.34. The second kappa shape index (κ2) is 19.5. The molecule has 0 unspecified atom stereocenters. The number of nitrogens with zero attached hydrogens (tertiary/aromatic N) is 6. The molecule has 0 saturated heterocycles. The molecule has 0 atom stereocenters. The van der Waals surface area contributed by atoms with E-state index in [1.807, 2.05) is 79.7 Å². The van der Waals surface area contributed by atoms with Crippen LogP contribution in [0.3, 0.4) is 0 Å². The third kappa shape index (κ3) is 9.81. The molecule has 0 saturated carbocycles. The maximum Gasteiger partial charge on any atom is 0.258 e. The molecule has 6 amide bonds. The van der Waals surface area contributed by atoms with Crippen LogP contribution in [0.5, 0.6) is 0 Å². The number of carbonyl (C=O) groups excluding carboxylic acids is 6. The van der Waals surface area contributed by atoms with Gasteiger partial charge in [-0.05, 0) is 138 Å². The van der Waals surface area contributed by atoms with Crippen molar-refractivity contribution >= 4 is 104 Å². The van der Waals surface area contributed by atoms with Gasteiger partial charge < -0.3 is 30.7 Å². The van der Waals surface area contributed by atoms with Crippen molar-refractivity contribution in [1.29, 1.82) is 0 Å². The van der Waals surface area contributed by atoms with E-state index >= 15 is 0 Å². The highest BCUT2D eigenvalue weighted by Crippen LogP contribution is 2.46. The highest BCUT2D eigenvalue weighted by atomic mass is 35.5. The molecule has 15 nitrogen and oxygen atoms in total. The van der Waals surface area contributed by atoms with Crippen LogP contribution < -0.4 is 30.7 Å². The Balaban J connectivity index is 0.000000157. The summed E-state index contributed by atoms with van der Waals surface area (Å²) < 4.78 is 0. The Morgan fingerprint density at radius 1 is 0.563 bits per heavy atom. The Kier molecular flexibility index (Phi) is 14.2. The number of benzene rings is 3. The zero-order valence-corrected chi connectivity index (χ0v) is 43.3. The Bertz CT molecular complexity index is 3210. The molecular weight excluding hydrogens is 965 g/mol. The van der Waals surface area contributed by atoms with Crippen LogP contribution in [0, 0.1) is 13.8 Å². The van der Waals surface area contributed by atoms with Gasteiger partial charge in [-0.25, -0.2) is 9.97 Å². The summed E-state index contributed by atoms with van der Waals surface area (Å²) in [6, 6.07) is 22.7. The third-order valence-corrected chi connectivity index (χ3v) is 13.8. The number of hydrogen-bond acceptors (Lipinski definition) is 9. The topological polar surface area (TPSA) is 187 Å². The van der Waals surface area contributed by atoms with E-state index in [0.717, 1.165) is 45.0 Å². The maximum atomic E-state index is 12.4. The molecule has 3 aliphatic rings. The summed E-state index contributed by atoms with van der Waals surface area (Å²) in [5.74, 6) is -0.805. The quantitative estimate of drug-likeness (QED) is 0.137. The zero-order valence-electron chi connectivity index (χ0n) is 41.0. The Hall–Kier alpha value is -7.20. The molecule has 0 bridgehead atoms. The van der Waals surface area contributed by atoms with Gasteiger partial charge in [-0.15, -0.1) is 0 Å². The van der Waals surface area contributed by atoms with Crippen molar-refractivity contribution in [3.63, 3.8) is 0 Å². The van der Waals surface area contributed by atoms with Crippen LogP contribution in [0.25, 0.3) is 0 Å². The van der Waals surface area contributed by atoms with Gasteiger partial charge in [-0.3, -0.25) is 33.8 Å². The first-order valence-corrected chi connectivity index (χ1v) is 23.5. The number of carbonyl (C=O) groups is 6. The number of aryl methyl sites for hydroxylation is 1. The lowest BCUT2D eigenvalue weighted by Gasteiger charge is -2.17. The molecule has 0 fully saturated rings. The van der Waals surface area contributed by atoms with Crippen molar-refractivity contribution in [2.45, 2.75) is 71.6 Å². The van der Waals surface area contributed by atoms with Gasteiger partial charge in [-0.1, -0.05) is 53.0 Å². The Labute approximate surface area is 426 Å². The Morgan fingerprint density at radius 2 is 1.08 bits per heavy atom. The number of halogens is 3. The van der Waals surface area contributed by atoms with Crippen molar-refractivity contribution in [2.24, 2.45) is 0 Å². The molecule has 3 N–H and O–H groups in total. The maximum absolute atomic E-state index is 12.4. The van der Waals surface area contributed by atoms with Gasteiger partial charge in [0.1, 0.15) is 10.3 Å². The molecule has 3 aromatic carbocycles. The lowest BCUT2D eigenvalue weighted by molar-refractivity contribution is -0.122. The summed E-state index contributed by atoms with van der Waals surface area (Å²) in [4.78, 5) is 90.9. The molecule has 18 heteroatoms. The third-order valence-electron chi connectivity index (χ3n) is 13.0. The Morgan fingerprint density at radius 3 is 1.62 bits per heavy atom. The van der Waals surface area contributed by atoms with Crippen LogP contribution in [0.2, 0.25) is 15.3 Å². The summed E-state index contributed by atoms with van der Waals surface area (Å²) in [5, 5.41) is 9.22. The van der Waals surface area contributed by atoms with E-state index in [1.165, 1.54) is 24.7 Å².